The summed E-state index contributed by atoms with van der Waals surface area (Å²) in [7, 11) is 0. The molecule has 5 heteroatoms. The zero-order valence-corrected chi connectivity index (χ0v) is 29.0. The number of unbranched alkanes of at least 4 members (excludes halogenated alkanes) is 21. The molecule has 0 radical (unpaired) electrons. The lowest BCUT2D eigenvalue weighted by molar-refractivity contribution is -0.131. The van der Waals surface area contributed by atoms with Gasteiger partial charge >= 0.3 is 0 Å². The average Bonchev–Trinajstić information content (AvgIpc) is 3.03. The lowest BCUT2D eigenvalue weighted by Gasteiger charge is -2.21. The lowest BCUT2D eigenvalue weighted by Crippen LogP contribution is -2.48. The van der Waals surface area contributed by atoms with Gasteiger partial charge in [-0.1, -0.05) is 172 Å². The van der Waals surface area contributed by atoms with Crippen molar-refractivity contribution in [3.8, 4) is 0 Å². The van der Waals surface area contributed by atoms with Crippen LogP contribution < -0.4 is 5.32 Å². The van der Waals surface area contributed by atoms with Gasteiger partial charge in [-0.3, -0.25) is 4.79 Å². The lowest BCUT2D eigenvalue weighted by atomic mass is 10.0. The minimum Gasteiger partial charge on any atom is -0.394 e. The van der Waals surface area contributed by atoms with Crippen LogP contribution in [0.15, 0.2) is 36.5 Å². The number of allylic oxidation sites excluding steroid dienone is 5. The first-order valence-electron chi connectivity index (χ1n) is 18.8. The molecule has 0 spiro atoms. The molecule has 0 bridgehead atoms. The zero-order valence-electron chi connectivity index (χ0n) is 29.0. The maximum atomic E-state index is 12.3. The molecule has 0 aromatic rings. The van der Waals surface area contributed by atoms with Crippen LogP contribution in [-0.4, -0.2) is 46.1 Å². The SMILES string of the molecule is CCCCCCCCCCCCC/C=C/CC/C=C/CC/C=C/C(O)C(CO)NC(=O)C(O)CCCCCCCCCCC. The number of hydrogen-bond donors (Lipinski definition) is 4. The van der Waals surface area contributed by atoms with Gasteiger partial charge < -0.3 is 20.6 Å². The fourth-order valence-electron chi connectivity index (χ4n) is 5.45. The number of hydrogen-bond acceptors (Lipinski definition) is 4. The Hall–Kier alpha value is -1.43. The third-order valence-electron chi connectivity index (χ3n) is 8.46. The van der Waals surface area contributed by atoms with E-state index in [2.05, 4.69) is 43.5 Å². The summed E-state index contributed by atoms with van der Waals surface area (Å²) in [4.78, 5) is 12.3. The molecule has 0 fully saturated rings. The molecule has 0 aliphatic carbocycles. The second kappa shape index (κ2) is 34.4. The van der Waals surface area contributed by atoms with Crippen molar-refractivity contribution in [3.63, 3.8) is 0 Å². The topological polar surface area (TPSA) is 89.8 Å². The minimum atomic E-state index is -1.10. The molecular weight excluding hydrogens is 546 g/mol. The Balaban J connectivity index is 3.78. The summed E-state index contributed by atoms with van der Waals surface area (Å²) in [6.07, 6.45) is 41.7. The van der Waals surface area contributed by atoms with Crippen molar-refractivity contribution < 1.29 is 20.1 Å². The predicted molar refractivity (Wildman–Crippen MR) is 190 cm³/mol. The van der Waals surface area contributed by atoms with Gasteiger partial charge in [0.25, 0.3) is 0 Å². The summed E-state index contributed by atoms with van der Waals surface area (Å²) < 4.78 is 0. The molecule has 44 heavy (non-hydrogen) atoms. The smallest absolute Gasteiger partial charge is 0.249 e. The van der Waals surface area contributed by atoms with Crippen LogP contribution in [0, 0.1) is 0 Å². The first-order chi connectivity index (χ1) is 21.6. The van der Waals surface area contributed by atoms with Crippen LogP contribution in [-0.2, 0) is 4.79 Å². The van der Waals surface area contributed by atoms with Crippen LogP contribution in [0.25, 0.3) is 0 Å². The van der Waals surface area contributed by atoms with Gasteiger partial charge in [-0.05, 0) is 44.9 Å². The highest BCUT2D eigenvalue weighted by molar-refractivity contribution is 5.80. The largest absolute Gasteiger partial charge is 0.394 e. The summed E-state index contributed by atoms with van der Waals surface area (Å²) in [5.74, 6) is -0.521. The molecule has 4 N–H and O–H groups in total. The number of rotatable bonds is 33. The molecule has 3 unspecified atom stereocenters. The standard InChI is InChI=1S/C39H73NO4/c1-3-5-7-9-11-13-14-15-16-17-18-19-20-21-22-23-24-26-27-29-31-33-37(42)36(35-41)40-39(44)38(43)34-32-30-28-25-12-10-8-6-4-2/h20-21,24,26,31,33,36-38,41-43H,3-19,22-23,25,27-30,32,34-35H2,1-2H3,(H,40,44)/b21-20+,26-24+,33-31+. The van der Waals surface area contributed by atoms with Crippen molar-refractivity contribution in [2.45, 2.75) is 199 Å². The van der Waals surface area contributed by atoms with Crippen molar-refractivity contribution in [2.75, 3.05) is 6.61 Å². The Morgan fingerprint density at radius 3 is 1.39 bits per heavy atom. The van der Waals surface area contributed by atoms with Crippen molar-refractivity contribution in [2.24, 2.45) is 0 Å². The number of aliphatic hydroxyl groups excluding tert-OH is 3. The van der Waals surface area contributed by atoms with Gasteiger partial charge in [-0.25, -0.2) is 0 Å². The maximum absolute atomic E-state index is 12.3. The fraction of sp³-hybridized carbons (Fsp3) is 0.821. The Morgan fingerprint density at radius 2 is 0.932 bits per heavy atom. The van der Waals surface area contributed by atoms with Crippen LogP contribution in [0.2, 0.25) is 0 Å². The highest BCUT2D eigenvalue weighted by Crippen LogP contribution is 2.13. The number of aliphatic hydroxyl groups is 3. The van der Waals surface area contributed by atoms with Crippen molar-refractivity contribution in [1.29, 1.82) is 0 Å². The second-order valence-electron chi connectivity index (χ2n) is 12.8. The highest BCUT2D eigenvalue weighted by atomic mass is 16.3. The molecule has 0 aromatic heterocycles. The van der Waals surface area contributed by atoms with Crippen molar-refractivity contribution >= 4 is 5.91 Å². The summed E-state index contributed by atoms with van der Waals surface area (Å²) in [5, 5.41) is 32.8. The van der Waals surface area contributed by atoms with Crippen LogP contribution in [0.1, 0.15) is 181 Å². The Morgan fingerprint density at radius 1 is 0.545 bits per heavy atom. The third kappa shape index (κ3) is 29.3. The molecule has 0 heterocycles. The van der Waals surface area contributed by atoms with E-state index >= 15 is 0 Å². The van der Waals surface area contributed by atoms with Gasteiger partial charge in [0, 0.05) is 0 Å². The van der Waals surface area contributed by atoms with E-state index in [9.17, 15) is 20.1 Å². The molecule has 3 atom stereocenters. The number of nitrogens with one attached hydrogen (secondary N) is 1. The second-order valence-corrected chi connectivity index (χ2v) is 12.8. The van der Waals surface area contributed by atoms with E-state index in [1.165, 1.54) is 116 Å². The Labute approximate surface area is 273 Å². The first kappa shape index (κ1) is 42.6. The van der Waals surface area contributed by atoms with Crippen LogP contribution >= 0.6 is 0 Å². The Bertz CT molecular complexity index is 690. The monoisotopic (exact) mass is 620 g/mol. The summed E-state index contributed by atoms with van der Waals surface area (Å²) >= 11 is 0. The molecule has 0 saturated heterocycles. The number of carbonyl (C=O) groups is 1. The van der Waals surface area contributed by atoms with Gasteiger partial charge in [0.05, 0.1) is 18.8 Å². The molecule has 258 valence electrons. The normalized spacial score (nSPS) is 14.2. The van der Waals surface area contributed by atoms with E-state index in [4.69, 9.17) is 0 Å². The van der Waals surface area contributed by atoms with E-state index in [1.54, 1.807) is 6.08 Å². The van der Waals surface area contributed by atoms with Crippen molar-refractivity contribution in [3.05, 3.63) is 36.5 Å². The quantitative estimate of drug-likeness (QED) is 0.0435. The molecule has 0 aromatic carbocycles. The van der Waals surface area contributed by atoms with E-state index in [0.717, 1.165) is 44.9 Å². The number of amides is 1. The van der Waals surface area contributed by atoms with Gasteiger partial charge in [-0.2, -0.15) is 0 Å². The van der Waals surface area contributed by atoms with E-state index in [0.29, 0.717) is 6.42 Å². The van der Waals surface area contributed by atoms with Crippen molar-refractivity contribution in [1.82, 2.24) is 5.32 Å². The summed E-state index contributed by atoms with van der Waals surface area (Å²) in [6.45, 7) is 4.12. The van der Waals surface area contributed by atoms with Gasteiger partial charge in [0.2, 0.25) is 5.91 Å². The fourth-order valence-corrected chi connectivity index (χ4v) is 5.45. The summed E-state index contributed by atoms with van der Waals surface area (Å²) in [6, 6.07) is -0.816. The van der Waals surface area contributed by atoms with E-state index in [1.807, 2.05) is 6.08 Å². The first-order valence-corrected chi connectivity index (χ1v) is 18.8. The molecule has 5 nitrogen and oxygen atoms in total. The van der Waals surface area contributed by atoms with Gasteiger partial charge in [0.15, 0.2) is 0 Å². The molecular formula is C39H73NO4. The molecule has 0 saturated carbocycles. The number of carbonyl (C=O) groups excluding carboxylic acids is 1. The summed E-state index contributed by atoms with van der Waals surface area (Å²) in [5.41, 5.74) is 0. The van der Waals surface area contributed by atoms with Crippen LogP contribution in [0.3, 0.4) is 0 Å². The van der Waals surface area contributed by atoms with Gasteiger partial charge in [0.1, 0.15) is 6.10 Å². The third-order valence-corrected chi connectivity index (χ3v) is 8.46. The van der Waals surface area contributed by atoms with Crippen LogP contribution in [0.5, 0.6) is 0 Å². The molecule has 0 rings (SSSR count). The molecule has 0 aliphatic rings. The van der Waals surface area contributed by atoms with E-state index < -0.39 is 24.2 Å². The van der Waals surface area contributed by atoms with Crippen LogP contribution in [0.4, 0.5) is 0 Å². The predicted octanol–water partition coefficient (Wildman–Crippen LogP) is 10.0. The molecule has 0 aliphatic heterocycles. The Kier molecular flexibility index (Phi) is 33.3. The highest BCUT2D eigenvalue weighted by Gasteiger charge is 2.22. The maximum Gasteiger partial charge on any atom is 0.249 e. The average molecular weight is 620 g/mol. The zero-order chi connectivity index (χ0) is 32.4. The van der Waals surface area contributed by atoms with Gasteiger partial charge in [-0.15, -0.1) is 0 Å². The minimum absolute atomic E-state index is 0.380. The van der Waals surface area contributed by atoms with E-state index in [-0.39, 0.29) is 6.61 Å². The molecule has 1 amide bonds.